The Labute approximate surface area is 117 Å². The Morgan fingerprint density at radius 2 is 2.00 bits per heavy atom. The van der Waals surface area contributed by atoms with E-state index in [-0.39, 0.29) is 5.91 Å². The SMILES string of the molecule is COC(=O)[C@H](C)NC(=O)c1ccc2[nH]c(C)c(C)c2c1. The third-order valence-electron chi connectivity index (χ3n) is 3.47. The molecule has 0 aliphatic rings. The first-order valence-electron chi connectivity index (χ1n) is 6.41. The molecule has 1 atom stereocenters. The molecule has 0 bridgehead atoms. The molecule has 0 saturated heterocycles. The van der Waals surface area contributed by atoms with E-state index in [4.69, 9.17) is 0 Å². The maximum Gasteiger partial charge on any atom is 0.328 e. The van der Waals surface area contributed by atoms with Crippen molar-refractivity contribution in [2.75, 3.05) is 7.11 Å². The summed E-state index contributed by atoms with van der Waals surface area (Å²) >= 11 is 0. The van der Waals surface area contributed by atoms with Crippen LogP contribution in [-0.2, 0) is 9.53 Å². The van der Waals surface area contributed by atoms with Gasteiger partial charge in [-0.15, -0.1) is 0 Å². The highest BCUT2D eigenvalue weighted by molar-refractivity contribution is 6.00. The minimum absolute atomic E-state index is 0.289. The van der Waals surface area contributed by atoms with Gasteiger partial charge in [-0.05, 0) is 44.5 Å². The van der Waals surface area contributed by atoms with Gasteiger partial charge in [0.25, 0.3) is 5.91 Å². The van der Waals surface area contributed by atoms with Crippen LogP contribution in [0.1, 0.15) is 28.5 Å². The minimum Gasteiger partial charge on any atom is -0.467 e. The fourth-order valence-electron chi connectivity index (χ4n) is 2.12. The number of aryl methyl sites for hydroxylation is 2. The summed E-state index contributed by atoms with van der Waals surface area (Å²) in [7, 11) is 1.29. The number of hydrogen-bond acceptors (Lipinski definition) is 3. The number of aromatic amines is 1. The zero-order chi connectivity index (χ0) is 14.9. The first-order chi connectivity index (χ1) is 9.43. The molecule has 0 spiro atoms. The lowest BCUT2D eigenvalue weighted by Gasteiger charge is -2.11. The molecule has 2 aromatic rings. The van der Waals surface area contributed by atoms with E-state index in [2.05, 4.69) is 15.0 Å². The standard InChI is InChI=1S/C15H18N2O3/c1-8-9(2)16-13-6-5-11(7-12(8)13)14(18)17-10(3)15(19)20-4/h5-7,10,16H,1-4H3,(H,17,18)/t10-/m0/s1. The Morgan fingerprint density at radius 3 is 2.65 bits per heavy atom. The van der Waals surface area contributed by atoms with E-state index in [9.17, 15) is 9.59 Å². The van der Waals surface area contributed by atoms with Crippen LogP contribution in [0.3, 0.4) is 0 Å². The number of carbonyl (C=O) groups is 2. The Hall–Kier alpha value is -2.30. The first-order valence-corrected chi connectivity index (χ1v) is 6.41. The molecule has 0 radical (unpaired) electrons. The predicted octanol–water partition coefficient (Wildman–Crippen LogP) is 2.08. The largest absolute Gasteiger partial charge is 0.467 e. The second-order valence-electron chi connectivity index (χ2n) is 4.85. The number of rotatable bonds is 3. The van der Waals surface area contributed by atoms with Gasteiger partial charge in [0.15, 0.2) is 0 Å². The Morgan fingerprint density at radius 1 is 1.30 bits per heavy atom. The maximum atomic E-state index is 12.1. The summed E-state index contributed by atoms with van der Waals surface area (Å²) < 4.78 is 4.58. The molecule has 106 valence electrons. The van der Waals surface area contributed by atoms with Crippen molar-refractivity contribution in [2.24, 2.45) is 0 Å². The van der Waals surface area contributed by atoms with Crippen LogP contribution in [0.4, 0.5) is 0 Å². The van der Waals surface area contributed by atoms with Crippen LogP contribution in [0, 0.1) is 13.8 Å². The molecule has 1 aromatic heterocycles. The summed E-state index contributed by atoms with van der Waals surface area (Å²) in [6, 6.07) is 4.76. The Bertz CT molecular complexity index is 673. The smallest absolute Gasteiger partial charge is 0.328 e. The van der Waals surface area contributed by atoms with Gasteiger partial charge < -0.3 is 15.0 Å². The van der Waals surface area contributed by atoms with Crippen molar-refractivity contribution in [3.05, 3.63) is 35.0 Å². The molecule has 5 nitrogen and oxygen atoms in total. The monoisotopic (exact) mass is 274 g/mol. The number of methoxy groups -OCH3 is 1. The van der Waals surface area contributed by atoms with Crippen molar-refractivity contribution in [2.45, 2.75) is 26.8 Å². The predicted molar refractivity (Wildman–Crippen MR) is 76.7 cm³/mol. The number of aromatic nitrogens is 1. The summed E-state index contributed by atoms with van der Waals surface area (Å²) in [4.78, 5) is 26.7. The van der Waals surface area contributed by atoms with E-state index in [1.54, 1.807) is 13.0 Å². The van der Waals surface area contributed by atoms with Crippen LogP contribution < -0.4 is 5.32 Å². The Kier molecular flexibility index (Phi) is 3.79. The van der Waals surface area contributed by atoms with Gasteiger partial charge in [-0.3, -0.25) is 4.79 Å². The average Bonchev–Trinajstić information content (AvgIpc) is 2.72. The van der Waals surface area contributed by atoms with Gasteiger partial charge in [0, 0.05) is 22.2 Å². The first kappa shape index (κ1) is 14.1. The van der Waals surface area contributed by atoms with E-state index >= 15 is 0 Å². The van der Waals surface area contributed by atoms with Gasteiger partial charge in [-0.2, -0.15) is 0 Å². The lowest BCUT2D eigenvalue weighted by molar-refractivity contribution is -0.142. The summed E-state index contributed by atoms with van der Waals surface area (Å²) in [6.45, 7) is 5.59. The summed E-state index contributed by atoms with van der Waals surface area (Å²) in [5.74, 6) is -0.754. The third-order valence-corrected chi connectivity index (χ3v) is 3.47. The Balaban J connectivity index is 2.26. The molecule has 2 N–H and O–H groups in total. The van der Waals surface area contributed by atoms with Crippen LogP contribution in [0.15, 0.2) is 18.2 Å². The average molecular weight is 274 g/mol. The number of nitrogens with one attached hydrogen (secondary N) is 2. The lowest BCUT2D eigenvalue weighted by Crippen LogP contribution is -2.39. The molecule has 0 unspecified atom stereocenters. The van der Waals surface area contributed by atoms with Crippen molar-refractivity contribution < 1.29 is 14.3 Å². The minimum atomic E-state index is -0.669. The van der Waals surface area contributed by atoms with Crippen LogP contribution in [0.2, 0.25) is 0 Å². The molecular weight excluding hydrogens is 256 g/mol. The second kappa shape index (κ2) is 5.36. The molecule has 1 amide bonds. The number of H-pyrrole nitrogens is 1. The van der Waals surface area contributed by atoms with Crippen LogP contribution in [0.5, 0.6) is 0 Å². The van der Waals surface area contributed by atoms with Crippen molar-refractivity contribution in [1.82, 2.24) is 10.3 Å². The number of hydrogen-bond donors (Lipinski definition) is 2. The van der Waals surface area contributed by atoms with Crippen molar-refractivity contribution in [1.29, 1.82) is 0 Å². The highest BCUT2D eigenvalue weighted by Gasteiger charge is 2.17. The highest BCUT2D eigenvalue weighted by Crippen LogP contribution is 2.22. The number of esters is 1. The molecule has 1 heterocycles. The van der Waals surface area contributed by atoms with E-state index in [0.29, 0.717) is 5.56 Å². The second-order valence-corrected chi connectivity index (χ2v) is 4.85. The quantitative estimate of drug-likeness (QED) is 0.842. The topological polar surface area (TPSA) is 71.2 Å². The van der Waals surface area contributed by atoms with Crippen molar-refractivity contribution >= 4 is 22.8 Å². The van der Waals surface area contributed by atoms with Gasteiger partial charge in [0.2, 0.25) is 0 Å². The van der Waals surface area contributed by atoms with E-state index in [1.807, 2.05) is 26.0 Å². The molecule has 0 aliphatic carbocycles. The third kappa shape index (κ3) is 2.52. The zero-order valence-electron chi connectivity index (χ0n) is 12.0. The van der Waals surface area contributed by atoms with Gasteiger partial charge in [0.05, 0.1) is 7.11 Å². The molecule has 5 heteroatoms. The highest BCUT2D eigenvalue weighted by atomic mass is 16.5. The number of amides is 1. The van der Waals surface area contributed by atoms with Gasteiger partial charge in [-0.1, -0.05) is 0 Å². The summed E-state index contributed by atoms with van der Waals surface area (Å²) in [6.07, 6.45) is 0. The summed E-state index contributed by atoms with van der Waals surface area (Å²) in [5, 5.41) is 3.63. The van der Waals surface area contributed by atoms with Gasteiger partial charge in [-0.25, -0.2) is 4.79 Å². The molecule has 2 rings (SSSR count). The molecule has 0 saturated carbocycles. The van der Waals surface area contributed by atoms with Crippen LogP contribution in [-0.4, -0.2) is 30.0 Å². The summed E-state index contributed by atoms with van der Waals surface area (Å²) in [5.41, 5.74) is 3.73. The molecule has 1 aromatic carbocycles. The van der Waals surface area contributed by atoms with E-state index in [0.717, 1.165) is 22.2 Å². The fourth-order valence-corrected chi connectivity index (χ4v) is 2.12. The van der Waals surface area contributed by atoms with Crippen LogP contribution in [0.25, 0.3) is 10.9 Å². The van der Waals surface area contributed by atoms with Gasteiger partial charge >= 0.3 is 5.97 Å². The van der Waals surface area contributed by atoms with E-state index in [1.165, 1.54) is 7.11 Å². The molecular formula is C15H18N2O3. The van der Waals surface area contributed by atoms with Crippen LogP contribution >= 0.6 is 0 Å². The zero-order valence-corrected chi connectivity index (χ0v) is 12.0. The van der Waals surface area contributed by atoms with Crippen molar-refractivity contribution in [3.63, 3.8) is 0 Å². The molecule has 0 aliphatic heterocycles. The number of ether oxygens (including phenoxy) is 1. The van der Waals surface area contributed by atoms with Gasteiger partial charge in [0.1, 0.15) is 6.04 Å². The number of carbonyl (C=O) groups excluding carboxylic acids is 2. The lowest BCUT2D eigenvalue weighted by atomic mass is 10.1. The number of benzene rings is 1. The fraction of sp³-hybridized carbons (Fsp3) is 0.333. The van der Waals surface area contributed by atoms with E-state index < -0.39 is 12.0 Å². The number of fused-ring (bicyclic) bond motifs is 1. The normalized spacial score (nSPS) is 12.2. The van der Waals surface area contributed by atoms with Crippen molar-refractivity contribution in [3.8, 4) is 0 Å². The maximum absolute atomic E-state index is 12.1. The molecule has 0 fully saturated rings. The molecule has 20 heavy (non-hydrogen) atoms.